The summed E-state index contributed by atoms with van der Waals surface area (Å²) < 4.78 is 0. The Bertz CT molecular complexity index is 2170. The van der Waals surface area contributed by atoms with Gasteiger partial charge in [0, 0.05) is 37.1 Å². The number of anilines is 1. The Morgan fingerprint density at radius 3 is 1.93 bits per heavy atom. The zero-order valence-electron chi connectivity index (χ0n) is 25.1. The van der Waals surface area contributed by atoms with Crippen LogP contribution in [0.25, 0.3) is 44.3 Å². The van der Waals surface area contributed by atoms with Crippen LogP contribution in [-0.4, -0.2) is 42.0 Å². The number of guanidine groups is 1. The van der Waals surface area contributed by atoms with Crippen LogP contribution in [0.2, 0.25) is 0 Å². The van der Waals surface area contributed by atoms with Gasteiger partial charge in [0.1, 0.15) is 5.82 Å². The van der Waals surface area contributed by atoms with E-state index >= 15 is 0 Å². The fourth-order valence-electron chi connectivity index (χ4n) is 8.64. The fourth-order valence-corrected chi connectivity index (χ4v) is 8.64. The van der Waals surface area contributed by atoms with Crippen LogP contribution in [0, 0.1) is 0 Å². The van der Waals surface area contributed by atoms with Crippen molar-refractivity contribution in [2.24, 2.45) is 4.99 Å². The first-order chi connectivity index (χ1) is 22.3. The zero-order chi connectivity index (χ0) is 29.5. The maximum atomic E-state index is 5.45. The molecule has 1 saturated heterocycles. The standard InChI is InChI=1S/C41H32N4/c1-2-12-29-27(11-1)26-38(45-24-10-23-44-22-9-21-42-40(44)45)43-39(29)28-19-20-37-33(25-28)32-15-5-8-18-36(32)41(37)34-16-6-3-13-30(34)31-14-4-7-17-35(31)41/h1-8,11-20,25-26H,9-10,21-24H2. The molecule has 0 amide bonds. The Kier molecular flexibility index (Phi) is 5.25. The van der Waals surface area contributed by atoms with Gasteiger partial charge in [-0.25, -0.2) is 4.98 Å². The van der Waals surface area contributed by atoms with Gasteiger partial charge in [0.25, 0.3) is 0 Å². The number of aliphatic imine (C=N–C) groups is 1. The highest BCUT2D eigenvalue weighted by molar-refractivity contribution is 6.03. The van der Waals surface area contributed by atoms with E-state index in [9.17, 15) is 0 Å². The van der Waals surface area contributed by atoms with Crippen molar-refractivity contribution in [3.63, 3.8) is 0 Å². The molecule has 2 aliphatic heterocycles. The molecule has 1 fully saturated rings. The molecule has 3 heterocycles. The number of benzene rings is 5. The van der Waals surface area contributed by atoms with Crippen molar-refractivity contribution in [3.8, 4) is 33.5 Å². The second-order valence-electron chi connectivity index (χ2n) is 12.7. The Morgan fingerprint density at radius 2 is 1.18 bits per heavy atom. The van der Waals surface area contributed by atoms with Crippen molar-refractivity contribution in [1.29, 1.82) is 0 Å². The highest BCUT2D eigenvalue weighted by atomic mass is 15.4. The van der Waals surface area contributed by atoms with Crippen LogP contribution in [-0.2, 0) is 5.41 Å². The van der Waals surface area contributed by atoms with Gasteiger partial charge in [-0.2, -0.15) is 0 Å². The molecule has 0 unspecified atom stereocenters. The summed E-state index contributed by atoms with van der Waals surface area (Å²) >= 11 is 0. The molecule has 4 nitrogen and oxygen atoms in total. The molecule has 5 aromatic carbocycles. The van der Waals surface area contributed by atoms with Crippen molar-refractivity contribution in [3.05, 3.63) is 144 Å². The van der Waals surface area contributed by atoms with Gasteiger partial charge < -0.3 is 4.90 Å². The largest absolute Gasteiger partial charge is 0.342 e. The van der Waals surface area contributed by atoms with Gasteiger partial charge in [-0.3, -0.25) is 9.89 Å². The first-order valence-corrected chi connectivity index (χ1v) is 16.2. The van der Waals surface area contributed by atoms with Gasteiger partial charge in [-0.15, -0.1) is 0 Å². The summed E-state index contributed by atoms with van der Waals surface area (Å²) in [6, 6.07) is 45.1. The van der Waals surface area contributed by atoms with Gasteiger partial charge in [0.05, 0.1) is 11.1 Å². The molecule has 0 atom stereocenters. The molecule has 1 aromatic heterocycles. The second kappa shape index (κ2) is 9.39. The molecule has 2 aliphatic carbocycles. The van der Waals surface area contributed by atoms with E-state index in [1.54, 1.807) is 0 Å². The maximum Gasteiger partial charge on any atom is 0.202 e. The molecule has 4 heteroatoms. The summed E-state index contributed by atoms with van der Waals surface area (Å²) in [5, 5.41) is 2.39. The lowest BCUT2D eigenvalue weighted by molar-refractivity contribution is 0.359. The summed E-state index contributed by atoms with van der Waals surface area (Å²) in [7, 11) is 0. The summed E-state index contributed by atoms with van der Waals surface area (Å²) in [5.41, 5.74) is 12.6. The Hall–Kier alpha value is -5.22. The normalized spacial score (nSPS) is 17.0. The maximum absolute atomic E-state index is 5.45. The van der Waals surface area contributed by atoms with E-state index in [0.29, 0.717) is 0 Å². The molecule has 0 radical (unpaired) electrons. The predicted octanol–water partition coefficient (Wildman–Crippen LogP) is 8.52. The smallest absolute Gasteiger partial charge is 0.202 e. The number of rotatable bonds is 2. The van der Waals surface area contributed by atoms with E-state index in [-0.39, 0.29) is 5.41 Å². The number of nitrogens with zero attached hydrogens (tertiary/aromatic N) is 4. The molecule has 0 saturated carbocycles. The highest BCUT2D eigenvalue weighted by Crippen LogP contribution is 2.62. The number of hydrogen-bond donors (Lipinski definition) is 0. The number of hydrogen-bond acceptors (Lipinski definition) is 4. The monoisotopic (exact) mass is 580 g/mol. The first kappa shape index (κ1) is 25.1. The lowest BCUT2D eigenvalue weighted by atomic mass is 9.70. The minimum Gasteiger partial charge on any atom is -0.342 e. The van der Waals surface area contributed by atoms with Crippen molar-refractivity contribution in [2.45, 2.75) is 18.3 Å². The molecule has 216 valence electrons. The van der Waals surface area contributed by atoms with E-state index in [4.69, 9.17) is 9.98 Å². The topological polar surface area (TPSA) is 31.7 Å². The zero-order valence-corrected chi connectivity index (χ0v) is 25.1. The number of pyridine rings is 1. The molecule has 0 N–H and O–H groups in total. The van der Waals surface area contributed by atoms with Crippen LogP contribution in [0.4, 0.5) is 5.82 Å². The third-order valence-corrected chi connectivity index (χ3v) is 10.4. The van der Waals surface area contributed by atoms with E-state index < -0.39 is 0 Å². The number of aromatic nitrogens is 1. The highest BCUT2D eigenvalue weighted by Gasteiger charge is 2.51. The molecule has 10 rings (SSSR count). The predicted molar refractivity (Wildman–Crippen MR) is 184 cm³/mol. The quantitative estimate of drug-likeness (QED) is 0.205. The lowest BCUT2D eigenvalue weighted by Gasteiger charge is -2.40. The van der Waals surface area contributed by atoms with E-state index in [2.05, 4.69) is 131 Å². The molecule has 6 aromatic rings. The third kappa shape index (κ3) is 3.37. The average Bonchev–Trinajstić information content (AvgIpc) is 3.58. The Morgan fingerprint density at radius 1 is 0.556 bits per heavy atom. The Labute approximate surface area is 263 Å². The van der Waals surface area contributed by atoms with Crippen LogP contribution in [0.5, 0.6) is 0 Å². The first-order valence-electron chi connectivity index (χ1n) is 16.2. The molecule has 0 bridgehead atoms. The van der Waals surface area contributed by atoms with Crippen molar-refractivity contribution < 1.29 is 0 Å². The van der Waals surface area contributed by atoms with E-state index in [1.807, 2.05) is 0 Å². The van der Waals surface area contributed by atoms with Crippen LogP contribution < -0.4 is 4.90 Å². The van der Waals surface area contributed by atoms with Crippen LogP contribution in [0.15, 0.2) is 126 Å². The number of fused-ring (bicyclic) bond motifs is 12. The minimum atomic E-state index is -0.328. The van der Waals surface area contributed by atoms with Crippen LogP contribution in [0.3, 0.4) is 0 Å². The third-order valence-electron chi connectivity index (χ3n) is 10.4. The van der Waals surface area contributed by atoms with Crippen LogP contribution in [0.1, 0.15) is 35.1 Å². The van der Waals surface area contributed by atoms with Gasteiger partial charge in [-0.05, 0) is 74.9 Å². The minimum absolute atomic E-state index is 0.328. The average molecular weight is 581 g/mol. The fraction of sp³-hybridized carbons (Fsp3) is 0.171. The van der Waals surface area contributed by atoms with Gasteiger partial charge in [0.15, 0.2) is 0 Å². The van der Waals surface area contributed by atoms with Crippen molar-refractivity contribution in [2.75, 3.05) is 31.1 Å². The molecule has 45 heavy (non-hydrogen) atoms. The molecular weight excluding hydrogens is 548 g/mol. The molecule has 4 aliphatic rings. The van der Waals surface area contributed by atoms with Gasteiger partial charge in [-0.1, -0.05) is 109 Å². The van der Waals surface area contributed by atoms with Crippen LogP contribution >= 0.6 is 0 Å². The lowest BCUT2D eigenvalue weighted by Crippen LogP contribution is -2.52. The van der Waals surface area contributed by atoms with Crippen molar-refractivity contribution >= 4 is 22.5 Å². The molecule has 1 spiro atoms. The van der Waals surface area contributed by atoms with Gasteiger partial charge in [0.2, 0.25) is 5.96 Å². The molecular formula is C41H32N4. The Balaban J connectivity index is 1.21. The summed E-state index contributed by atoms with van der Waals surface area (Å²) in [6.45, 7) is 3.99. The van der Waals surface area contributed by atoms with Crippen molar-refractivity contribution in [1.82, 2.24) is 9.88 Å². The second-order valence-corrected chi connectivity index (χ2v) is 12.7. The van der Waals surface area contributed by atoms with E-state index in [0.717, 1.165) is 62.1 Å². The van der Waals surface area contributed by atoms with Gasteiger partial charge >= 0.3 is 0 Å². The SMILES string of the molecule is c1ccc2c(c1)-c1ccccc1C21c2ccccc2-c2cc(-c3nc(N4CCCN5CCCN=C54)cc4ccccc34)ccc21. The summed E-state index contributed by atoms with van der Waals surface area (Å²) in [6.07, 6.45) is 2.24. The summed E-state index contributed by atoms with van der Waals surface area (Å²) in [4.78, 5) is 15.2. The summed E-state index contributed by atoms with van der Waals surface area (Å²) in [5.74, 6) is 2.08. The van der Waals surface area contributed by atoms with E-state index in [1.165, 1.54) is 55.3 Å².